The molecule has 130 valence electrons. The van der Waals surface area contributed by atoms with E-state index >= 15 is 0 Å². The summed E-state index contributed by atoms with van der Waals surface area (Å²) in [6.07, 6.45) is 1.72. The Bertz CT molecular complexity index is 745. The number of carbonyl (C=O) groups excluding carboxylic acids is 2. The predicted octanol–water partition coefficient (Wildman–Crippen LogP) is 1.88. The molecule has 0 saturated heterocycles. The van der Waals surface area contributed by atoms with Crippen molar-refractivity contribution < 1.29 is 9.59 Å². The molecular formula is C17H25N5O2. The number of carbonyl (C=O) groups is 2. The van der Waals surface area contributed by atoms with Gasteiger partial charge in [-0.1, -0.05) is 0 Å². The molecule has 2 N–H and O–H groups in total. The number of hydrogen-bond acceptors (Lipinski definition) is 4. The minimum absolute atomic E-state index is 0.161. The number of nitrogen functional groups attached to an aromatic ring is 1. The molecule has 0 fully saturated rings. The summed E-state index contributed by atoms with van der Waals surface area (Å²) in [5.41, 5.74) is 7.29. The zero-order valence-corrected chi connectivity index (χ0v) is 14.7. The largest absolute Gasteiger partial charge is 0.396 e. The Balaban J connectivity index is 2.70. The van der Waals surface area contributed by atoms with Gasteiger partial charge in [0.15, 0.2) is 11.3 Å². The third-order valence-corrected chi connectivity index (χ3v) is 4.19. The highest BCUT2D eigenvalue weighted by molar-refractivity contribution is 6.06. The molecule has 2 aromatic heterocycles. The minimum Gasteiger partial charge on any atom is -0.396 e. The van der Waals surface area contributed by atoms with E-state index < -0.39 is 0 Å². The molecule has 0 spiro atoms. The molecule has 0 bridgehead atoms. The van der Waals surface area contributed by atoms with Gasteiger partial charge in [0.25, 0.3) is 11.8 Å². The summed E-state index contributed by atoms with van der Waals surface area (Å²) in [6.45, 7) is 9.84. The average Bonchev–Trinajstić information content (AvgIpc) is 2.97. The van der Waals surface area contributed by atoms with Crippen molar-refractivity contribution >= 4 is 23.1 Å². The number of fused-ring (bicyclic) bond motifs is 1. The van der Waals surface area contributed by atoms with Crippen LogP contribution in [-0.2, 0) is 0 Å². The van der Waals surface area contributed by atoms with Crippen molar-refractivity contribution in [2.45, 2.75) is 27.7 Å². The number of nitrogens with two attached hydrogens (primary N) is 1. The van der Waals surface area contributed by atoms with E-state index in [0.29, 0.717) is 37.5 Å². The van der Waals surface area contributed by atoms with Crippen molar-refractivity contribution in [3.8, 4) is 0 Å². The molecule has 2 rings (SSSR count). The summed E-state index contributed by atoms with van der Waals surface area (Å²) < 4.78 is 1.62. The van der Waals surface area contributed by atoms with Gasteiger partial charge in [-0.15, -0.1) is 0 Å². The molecule has 2 aromatic rings. The second-order valence-electron chi connectivity index (χ2n) is 5.42. The highest BCUT2D eigenvalue weighted by atomic mass is 16.2. The van der Waals surface area contributed by atoms with E-state index in [2.05, 4.69) is 4.98 Å². The lowest BCUT2D eigenvalue weighted by Gasteiger charge is -2.21. The van der Waals surface area contributed by atoms with Crippen molar-refractivity contribution in [2.24, 2.45) is 0 Å². The van der Waals surface area contributed by atoms with Crippen LogP contribution < -0.4 is 5.73 Å². The lowest BCUT2D eigenvalue weighted by Crippen LogP contribution is -2.35. The Morgan fingerprint density at radius 2 is 1.58 bits per heavy atom. The monoisotopic (exact) mass is 331 g/mol. The maximum Gasteiger partial charge on any atom is 0.274 e. The van der Waals surface area contributed by atoms with E-state index in [4.69, 9.17) is 5.73 Å². The second kappa shape index (κ2) is 7.33. The van der Waals surface area contributed by atoms with Crippen LogP contribution >= 0.6 is 0 Å². The maximum absolute atomic E-state index is 13.0. The van der Waals surface area contributed by atoms with Crippen LogP contribution in [0.15, 0.2) is 18.3 Å². The summed E-state index contributed by atoms with van der Waals surface area (Å²) in [5, 5.41) is 0. The van der Waals surface area contributed by atoms with Gasteiger partial charge in [-0.2, -0.15) is 0 Å². The molecule has 7 nitrogen and oxygen atoms in total. The molecule has 0 aliphatic rings. The Morgan fingerprint density at radius 1 is 1.04 bits per heavy atom. The summed E-state index contributed by atoms with van der Waals surface area (Å²) >= 11 is 0. The highest BCUT2D eigenvalue weighted by Crippen LogP contribution is 2.21. The molecule has 2 heterocycles. The smallest absolute Gasteiger partial charge is 0.274 e. The predicted molar refractivity (Wildman–Crippen MR) is 94.1 cm³/mol. The third-order valence-electron chi connectivity index (χ3n) is 4.19. The number of nitrogens with zero attached hydrogens (tertiary/aromatic N) is 4. The molecule has 0 aliphatic carbocycles. The SMILES string of the molecule is CCN(CC)C(=O)c1nc2c(N)cccn2c1C(=O)N(CC)CC. The normalized spacial score (nSPS) is 10.8. The van der Waals surface area contributed by atoms with E-state index in [1.165, 1.54) is 0 Å². The molecule has 0 saturated carbocycles. The first-order valence-electron chi connectivity index (χ1n) is 8.35. The van der Waals surface area contributed by atoms with Crippen LogP contribution in [0.2, 0.25) is 0 Å². The van der Waals surface area contributed by atoms with Crippen LogP contribution in [0.4, 0.5) is 5.69 Å². The second-order valence-corrected chi connectivity index (χ2v) is 5.42. The molecule has 0 aliphatic heterocycles. The highest BCUT2D eigenvalue weighted by Gasteiger charge is 2.29. The minimum atomic E-state index is -0.251. The zero-order chi connectivity index (χ0) is 17.9. The Morgan fingerprint density at radius 3 is 2.12 bits per heavy atom. The number of aromatic nitrogens is 2. The Kier molecular flexibility index (Phi) is 5.43. The van der Waals surface area contributed by atoms with E-state index in [0.717, 1.165) is 0 Å². The summed E-state index contributed by atoms with van der Waals surface area (Å²) in [7, 11) is 0. The van der Waals surface area contributed by atoms with Crippen molar-refractivity contribution in [3.63, 3.8) is 0 Å². The van der Waals surface area contributed by atoms with Gasteiger partial charge in [-0.3, -0.25) is 14.0 Å². The first-order chi connectivity index (χ1) is 11.5. The molecule has 2 amide bonds. The fraction of sp³-hybridized carbons (Fsp3) is 0.471. The quantitative estimate of drug-likeness (QED) is 0.876. The van der Waals surface area contributed by atoms with Gasteiger partial charge in [0.2, 0.25) is 0 Å². The molecule has 0 unspecified atom stereocenters. The van der Waals surface area contributed by atoms with Gasteiger partial charge in [0.05, 0.1) is 5.69 Å². The van der Waals surface area contributed by atoms with Crippen LogP contribution in [0.25, 0.3) is 5.65 Å². The van der Waals surface area contributed by atoms with Crippen molar-refractivity contribution in [1.82, 2.24) is 19.2 Å². The fourth-order valence-corrected chi connectivity index (χ4v) is 2.76. The lowest BCUT2D eigenvalue weighted by molar-refractivity contribution is 0.0726. The Labute approximate surface area is 142 Å². The molecule has 24 heavy (non-hydrogen) atoms. The average molecular weight is 331 g/mol. The first kappa shape index (κ1) is 17.8. The lowest BCUT2D eigenvalue weighted by atomic mass is 10.2. The number of pyridine rings is 1. The van der Waals surface area contributed by atoms with Crippen molar-refractivity contribution in [2.75, 3.05) is 31.9 Å². The van der Waals surface area contributed by atoms with Crippen molar-refractivity contribution in [1.29, 1.82) is 0 Å². The van der Waals surface area contributed by atoms with E-state index in [-0.39, 0.29) is 23.2 Å². The van der Waals surface area contributed by atoms with Gasteiger partial charge >= 0.3 is 0 Å². The molecular weight excluding hydrogens is 306 g/mol. The molecule has 0 aromatic carbocycles. The molecule has 0 radical (unpaired) electrons. The van der Waals surface area contributed by atoms with Crippen LogP contribution in [0, 0.1) is 0 Å². The number of anilines is 1. The number of rotatable bonds is 6. The van der Waals surface area contributed by atoms with E-state index in [1.54, 1.807) is 32.5 Å². The van der Waals surface area contributed by atoms with Gasteiger partial charge < -0.3 is 15.5 Å². The van der Waals surface area contributed by atoms with Gasteiger partial charge in [0, 0.05) is 32.4 Å². The topological polar surface area (TPSA) is 83.9 Å². The number of hydrogen-bond donors (Lipinski definition) is 1. The van der Waals surface area contributed by atoms with Crippen molar-refractivity contribution in [3.05, 3.63) is 29.7 Å². The third kappa shape index (κ3) is 2.93. The Hall–Kier alpha value is -2.57. The van der Waals surface area contributed by atoms with Crippen LogP contribution in [0.1, 0.15) is 48.7 Å². The molecule has 0 atom stereocenters. The van der Waals surface area contributed by atoms with E-state index in [9.17, 15) is 9.59 Å². The first-order valence-corrected chi connectivity index (χ1v) is 8.35. The van der Waals surface area contributed by atoms with Crippen LogP contribution in [-0.4, -0.2) is 57.2 Å². The van der Waals surface area contributed by atoms with Gasteiger partial charge in [0.1, 0.15) is 5.69 Å². The van der Waals surface area contributed by atoms with E-state index in [1.807, 2.05) is 27.7 Å². The van der Waals surface area contributed by atoms with Gasteiger partial charge in [-0.25, -0.2) is 4.98 Å². The summed E-state index contributed by atoms with van der Waals surface area (Å²) in [6, 6.07) is 3.45. The fourth-order valence-electron chi connectivity index (χ4n) is 2.76. The number of imidazole rings is 1. The van der Waals surface area contributed by atoms with Crippen LogP contribution in [0.3, 0.4) is 0 Å². The zero-order valence-electron chi connectivity index (χ0n) is 14.7. The number of amides is 2. The summed E-state index contributed by atoms with van der Waals surface area (Å²) in [5.74, 6) is -0.466. The maximum atomic E-state index is 13.0. The summed E-state index contributed by atoms with van der Waals surface area (Å²) in [4.78, 5) is 33.5. The standard InChI is InChI=1S/C17H25N5O2/c1-5-20(6-2)16(23)13-14(17(24)21(7-3)8-4)22-11-9-10-12(18)15(22)19-13/h9-11H,5-8,18H2,1-4H3. The van der Waals surface area contributed by atoms with Gasteiger partial charge in [-0.05, 0) is 39.8 Å². The molecule has 7 heteroatoms. The van der Waals surface area contributed by atoms with Crippen LogP contribution in [0.5, 0.6) is 0 Å².